The Morgan fingerprint density at radius 3 is 2.23 bits per heavy atom. The molecular formula is C15H16N2O4S. The summed E-state index contributed by atoms with van der Waals surface area (Å²) in [6.07, 6.45) is 2.50. The number of sulfone groups is 1. The fourth-order valence-electron chi connectivity index (χ4n) is 2.45. The van der Waals surface area contributed by atoms with E-state index in [-0.39, 0.29) is 11.8 Å². The molecule has 22 heavy (non-hydrogen) atoms. The van der Waals surface area contributed by atoms with Gasteiger partial charge in [-0.05, 0) is 25.0 Å². The molecule has 116 valence electrons. The number of hydrogen-bond acceptors (Lipinski definition) is 6. The van der Waals surface area contributed by atoms with Gasteiger partial charge in [0, 0.05) is 0 Å². The van der Waals surface area contributed by atoms with Gasteiger partial charge in [0.05, 0.1) is 31.0 Å². The molecule has 1 aliphatic rings. The van der Waals surface area contributed by atoms with Crippen LogP contribution in [0.5, 0.6) is 11.8 Å². The summed E-state index contributed by atoms with van der Waals surface area (Å²) in [4.78, 5) is 8.70. The van der Waals surface area contributed by atoms with E-state index in [4.69, 9.17) is 9.47 Å². The van der Waals surface area contributed by atoms with Gasteiger partial charge in [0.25, 0.3) is 11.8 Å². The first kappa shape index (κ1) is 14.8. The summed E-state index contributed by atoms with van der Waals surface area (Å²) in [5, 5.41) is 0. The van der Waals surface area contributed by atoms with Crippen LogP contribution in [0, 0.1) is 0 Å². The minimum atomic E-state index is -3.52. The van der Waals surface area contributed by atoms with Gasteiger partial charge in [-0.1, -0.05) is 18.2 Å². The quantitative estimate of drug-likeness (QED) is 0.838. The van der Waals surface area contributed by atoms with Crippen molar-refractivity contribution >= 4 is 9.84 Å². The van der Waals surface area contributed by atoms with E-state index in [1.165, 1.54) is 20.4 Å². The summed E-state index contributed by atoms with van der Waals surface area (Å²) >= 11 is 0. The van der Waals surface area contributed by atoms with E-state index in [1.54, 1.807) is 30.3 Å². The van der Waals surface area contributed by atoms with E-state index in [1.807, 2.05) is 0 Å². The van der Waals surface area contributed by atoms with Crippen LogP contribution in [0.3, 0.4) is 0 Å². The summed E-state index contributed by atoms with van der Waals surface area (Å²) in [6, 6.07) is 8.41. The van der Waals surface area contributed by atoms with Crippen molar-refractivity contribution < 1.29 is 17.9 Å². The minimum absolute atomic E-state index is 0.189. The van der Waals surface area contributed by atoms with E-state index in [2.05, 4.69) is 9.97 Å². The Bertz CT molecular complexity index is 786. The highest BCUT2D eigenvalue weighted by Gasteiger charge is 2.58. The fraction of sp³-hybridized carbons (Fsp3) is 0.333. The van der Waals surface area contributed by atoms with Crippen LogP contribution in [0.4, 0.5) is 0 Å². The topological polar surface area (TPSA) is 78.4 Å². The van der Waals surface area contributed by atoms with Crippen LogP contribution in [0.1, 0.15) is 18.5 Å². The molecule has 0 bridgehead atoms. The zero-order valence-electron chi connectivity index (χ0n) is 12.3. The molecule has 1 aromatic carbocycles. The largest absolute Gasteiger partial charge is 0.477 e. The third-order valence-electron chi connectivity index (χ3n) is 3.83. The summed E-state index contributed by atoms with van der Waals surface area (Å²) in [5.41, 5.74) is 0.397. The molecular weight excluding hydrogens is 304 g/mol. The van der Waals surface area contributed by atoms with Gasteiger partial charge in [0.1, 0.15) is 4.75 Å². The number of ether oxygens (including phenoxy) is 2. The highest BCUT2D eigenvalue weighted by atomic mass is 32.2. The summed E-state index contributed by atoms with van der Waals surface area (Å²) in [5.74, 6) is 0.425. The average Bonchev–Trinajstić information content (AvgIpc) is 3.37. The Kier molecular flexibility index (Phi) is 3.52. The molecule has 0 radical (unpaired) electrons. The Hall–Kier alpha value is -2.15. The molecule has 1 fully saturated rings. The molecule has 1 heterocycles. The molecule has 0 atom stereocenters. The van der Waals surface area contributed by atoms with Crippen molar-refractivity contribution in [1.82, 2.24) is 9.97 Å². The maximum atomic E-state index is 12.9. The number of aromatic nitrogens is 2. The number of nitrogens with zero attached hydrogens (tertiary/aromatic N) is 2. The van der Waals surface area contributed by atoms with Gasteiger partial charge < -0.3 is 9.47 Å². The van der Waals surface area contributed by atoms with Gasteiger partial charge in [-0.3, -0.25) is 0 Å². The lowest BCUT2D eigenvalue weighted by Crippen LogP contribution is -2.23. The molecule has 0 saturated heterocycles. The summed E-state index contributed by atoms with van der Waals surface area (Å²) in [6.45, 7) is 0. The van der Waals surface area contributed by atoms with Crippen molar-refractivity contribution in [2.24, 2.45) is 0 Å². The molecule has 0 amide bonds. The monoisotopic (exact) mass is 320 g/mol. The van der Waals surface area contributed by atoms with Gasteiger partial charge in [-0.25, -0.2) is 18.4 Å². The summed E-state index contributed by atoms with van der Waals surface area (Å²) in [7, 11) is -0.620. The molecule has 0 unspecified atom stereocenters. The Morgan fingerprint density at radius 2 is 1.68 bits per heavy atom. The zero-order valence-corrected chi connectivity index (χ0v) is 13.1. The molecule has 1 aliphatic carbocycles. The van der Waals surface area contributed by atoms with Crippen LogP contribution in [-0.4, -0.2) is 32.6 Å². The Labute approximate surface area is 129 Å². The predicted molar refractivity (Wildman–Crippen MR) is 79.7 cm³/mol. The first-order chi connectivity index (χ1) is 10.5. The molecule has 1 aromatic heterocycles. The third-order valence-corrected chi connectivity index (χ3v) is 6.37. The van der Waals surface area contributed by atoms with Crippen LogP contribution >= 0.6 is 0 Å². The second kappa shape index (κ2) is 5.24. The first-order valence-corrected chi connectivity index (χ1v) is 8.28. The van der Waals surface area contributed by atoms with Crippen molar-refractivity contribution in [2.75, 3.05) is 14.2 Å². The highest BCUT2D eigenvalue weighted by Crippen LogP contribution is 2.54. The lowest BCUT2D eigenvalue weighted by Gasteiger charge is -2.17. The maximum absolute atomic E-state index is 12.9. The van der Waals surface area contributed by atoms with Crippen LogP contribution in [0.25, 0.3) is 0 Å². The van der Waals surface area contributed by atoms with Gasteiger partial charge in [-0.15, -0.1) is 0 Å². The average molecular weight is 320 g/mol. The zero-order chi connectivity index (χ0) is 15.8. The van der Waals surface area contributed by atoms with Crippen LogP contribution in [0.15, 0.2) is 41.4 Å². The first-order valence-electron chi connectivity index (χ1n) is 6.80. The SMILES string of the molecule is COc1ncc(C2(S(=O)(=O)c3ccccc3)CC2)nc1OC. The number of hydrogen-bond donors (Lipinski definition) is 0. The van der Waals surface area contributed by atoms with Crippen molar-refractivity contribution in [3.8, 4) is 11.8 Å². The van der Waals surface area contributed by atoms with E-state index in [0.717, 1.165) is 0 Å². The maximum Gasteiger partial charge on any atom is 0.278 e. The van der Waals surface area contributed by atoms with Crippen molar-refractivity contribution in [3.63, 3.8) is 0 Å². The van der Waals surface area contributed by atoms with Crippen molar-refractivity contribution in [2.45, 2.75) is 22.5 Å². The number of rotatable bonds is 5. The smallest absolute Gasteiger partial charge is 0.278 e. The van der Waals surface area contributed by atoms with Gasteiger partial charge in [0.15, 0.2) is 9.84 Å². The van der Waals surface area contributed by atoms with E-state index in [9.17, 15) is 8.42 Å². The van der Waals surface area contributed by atoms with Crippen LogP contribution in [0.2, 0.25) is 0 Å². The normalized spacial score (nSPS) is 16.1. The molecule has 0 N–H and O–H groups in total. The van der Waals surface area contributed by atoms with Crippen LogP contribution in [-0.2, 0) is 14.6 Å². The van der Waals surface area contributed by atoms with Gasteiger partial charge >= 0.3 is 0 Å². The van der Waals surface area contributed by atoms with Gasteiger partial charge in [0.2, 0.25) is 0 Å². The lowest BCUT2D eigenvalue weighted by molar-refractivity contribution is 0.329. The molecule has 0 spiro atoms. The third kappa shape index (κ3) is 2.12. The molecule has 0 aliphatic heterocycles. The molecule has 2 aromatic rings. The number of benzene rings is 1. The van der Waals surface area contributed by atoms with Gasteiger partial charge in [-0.2, -0.15) is 0 Å². The summed E-state index contributed by atoms with van der Waals surface area (Å²) < 4.78 is 35.0. The van der Waals surface area contributed by atoms with Crippen molar-refractivity contribution in [3.05, 3.63) is 42.2 Å². The van der Waals surface area contributed by atoms with Crippen LogP contribution < -0.4 is 9.47 Å². The standard InChI is InChI=1S/C15H16N2O4S/c1-20-13-14(21-2)17-12(10-16-13)15(8-9-15)22(18,19)11-6-4-3-5-7-11/h3-7,10H,8-9H2,1-2H3. The Morgan fingerprint density at radius 1 is 1.05 bits per heavy atom. The molecule has 1 saturated carbocycles. The second-order valence-corrected chi connectivity index (χ2v) is 7.34. The predicted octanol–water partition coefficient (Wildman–Crippen LogP) is 1.96. The minimum Gasteiger partial charge on any atom is -0.477 e. The molecule has 7 heteroatoms. The molecule has 6 nitrogen and oxygen atoms in total. The number of methoxy groups -OCH3 is 2. The van der Waals surface area contributed by atoms with Crippen molar-refractivity contribution in [1.29, 1.82) is 0 Å². The van der Waals surface area contributed by atoms with E-state index >= 15 is 0 Å². The Balaban J connectivity index is 2.08. The fourth-order valence-corrected chi connectivity index (χ4v) is 4.43. The highest BCUT2D eigenvalue weighted by molar-refractivity contribution is 7.92. The second-order valence-electron chi connectivity index (χ2n) is 5.08. The van der Waals surface area contributed by atoms with E-state index in [0.29, 0.717) is 23.4 Å². The molecule has 3 rings (SSSR count). The van der Waals surface area contributed by atoms with E-state index < -0.39 is 14.6 Å². The lowest BCUT2D eigenvalue weighted by atomic mass is 10.3.